The van der Waals surface area contributed by atoms with Crippen molar-refractivity contribution in [3.63, 3.8) is 0 Å². The van der Waals surface area contributed by atoms with Gasteiger partial charge in [-0.3, -0.25) is 4.79 Å². The summed E-state index contributed by atoms with van der Waals surface area (Å²) in [6.07, 6.45) is 0. The van der Waals surface area contributed by atoms with Crippen LogP contribution in [0.15, 0.2) is 42.5 Å². The standard InChI is InChI=1S/C17H17NO4/c1-3-22-17(21)14-10-12(6-9-15(14)19)16(20)18-13-7-4-11(2)5-8-13/h4-10,19H,3H2,1-2H3,(H,18,20). The highest BCUT2D eigenvalue weighted by atomic mass is 16.5. The average molecular weight is 299 g/mol. The quantitative estimate of drug-likeness (QED) is 0.850. The molecule has 0 saturated heterocycles. The number of anilines is 1. The molecule has 5 heteroatoms. The lowest BCUT2D eigenvalue weighted by molar-refractivity contribution is 0.0523. The van der Waals surface area contributed by atoms with Gasteiger partial charge < -0.3 is 15.2 Å². The van der Waals surface area contributed by atoms with Gasteiger partial charge in [-0.2, -0.15) is 0 Å². The van der Waals surface area contributed by atoms with E-state index in [4.69, 9.17) is 4.74 Å². The normalized spacial score (nSPS) is 10.1. The molecule has 2 N–H and O–H groups in total. The van der Waals surface area contributed by atoms with Crippen LogP contribution in [0.5, 0.6) is 5.75 Å². The van der Waals surface area contributed by atoms with Gasteiger partial charge in [0.2, 0.25) is 0 Å². The van der Waals surface area contributed by atoms with Crippen LogP contribution in [0.1, 0.15) is 33.2 Å². The number of benzene rings is 2. The maximum absolute atomic E-state index is 12.2. The second kappa shape index (κ2) is 6.76. The number of carbonyl (C=O) groups is 2. The Bertz CT molecular complexity index is 692. The van der Waals surface area contributed by atoms with Crippen molar-refractivity contribution in [1.82, 2.24) is 0 Å². The zero-order valence-corrected chi connectivity index (χ0v) is 12.4. The molecular formula is C17H17NO4. The number of hydrogen-bond acceptors (Lipinski definition) is 4. The Labute approximate surface area is 128 Å². The van der Waals surface area contributed by atoms with Gasteiger partial charge in [-0.05, 0) is 44.2 Å². The molecule has 0 atom stereocenters. The van der Waals surface area contributed by atoms with Crippen LogP contribution in [0.2, 0.25) is 0 Å². The fourth-order valence-electron chi connectivity index (χ4n) is 1.89. The van der Waals surface area contributed by atoms with Crippen molar-refractivity contribution in [3.05, 3.63) is 59.2 Å². The summed E-state index contributed by atoms with van der Waals surface area (Å²) in [6.45, 7) is 3.82. The van der Waals surface area contributed by atoms with Gasteiger partial charge >= 0.3 is 5.97 Å². The summed E-state index contributed by atoms with van der Waals surface area (Å²) in [5, 5.41) is 12.4. The van der Waals surface area contributed by atoms with E-state index in [2.05, 4.69) is 5.32 Å². The summed E-state index contributed by atoms with van der Waals surface area (Å²) in [4.78, 5) is 23.9. The molecule has 2 aromatic carbocycles. The highest BCUT2D eigenvalue weighted by Crippen LogP contribution is 2.20. The van der Waals surface area contributed by atoms with E-state index in [1.807, 2.05) is 19.1 Å². The molecule has 0 aliphatic heterocycles. The maximum Gasteiger partial charge on any atom is 0.341 e. The monoisotopic (exact) mass is 299 g/mol. The van der Waals surface area contributed by atoms with Crippen molar-refractivity contribution >= 4 is 17.6 Å². The van der Waals surface area contributed by atoms with Crippen molar-refractivity contribution < 1.29 is 19.4 Å². The van der Waals surface area contributed by atoms with E-state index in [1.165, 1.54) is 18.2 Å². The van der Waals surface area contributed by atoms with Crippen LogP contribution < -0.4 is 5.32 Å². The number of hydrogen-bond donors (Lipinski definition) is 2. The van der Waals surface area contributed by atoms with Gasteiger partial charge in [0.05, 0.1) is 6.61 Å². The highest BCUT2D eigenvalue weighted by Gasteiger charge is 2.16. The Kier molecular flexibility index (Phi) is 4.78. The summed E-state index contributed by atoms with van der Waals surface area (Å²) in [6, 6.07) is 11.4. The second-order valence-corrected chi connectivity index (χ2v) is 4.77. The predicted octanol–water partition coefficient (Wildman–Crippen LogP) is 3.13. The zero-order valence-electron chi connectivity index (χ0n) is 12.4. The molecule has 2 aromatic rings. The van der Waals surface area contributed by atoms with E-state index < -0.39 is 5.97 Å². The molecule has 0 spiro atoms. The lowest BCUT2D eigenvalue weighted by Gasteiger charge is -2.08. The molecule has 0 aliphatic carbocycles. The topological polar surface area (TPSA) is 75.6 Å². The summed E-state index contributed by atoms with van der Waals surface area (Å²) in [5.74, 6) is -1.25. The van der Waals surface area contributed by atoms with Gasteiger partial charge in [-0.1, -0.05) is 17.7 Å². The molecule has 0 fully saturated rings. The molecule has 0 bridgehead atoms. The zero-order chi connectivity index (χ0) is 16.1. The number of aryl methyl sites for hydroxylation is 1. The van der Waals surface area contributed by atoms with Crippen LogP contribution in [-0.4, -0.2) is 23.6 Å². The smallest absolute Gasteiger partial charge is 0.341 e. The van der Waals surface area contributed by atoms with Gasteiger partial charge in [-0.25, -0.2) is 4.79 Å². The number of phenolic OH excluding ortho intramolecular Hbond substituents is 1. The first-order chi connectivity index (χ1) is 10.5. The number of carbonyl (C=O) groups excluding carboxylic acids is 2. The number of rotatable bonds is 4. The van der Waals surface area contributed by atoms with Gasteiger partial charge in [-0.15, -0.1) is 0 Å². The summed E-state index contributed by atoms with van der Waals surface area (Å²) in [5.41, 5.74) is 1.98. The van der Waals surface area contributed by atoms with Crippen molar-refractivity contribution in [2.75, 3.05) is 11.9 Å². The van der Waals surface area contributed by atoms with Crippen LogP contribution in [0, 0.1) is 6.92 Å². The number of phenols is 1. The minimum atomic E-state index is -0.662. The maximum atomic E-state index is 12.2. The van der Waals surface area contributed by atoms with Gasteiger partial charge in [0.25, 0.3) is 5.91 Å². The lowest BCUT2D eigenvalue weighted by atomic mass is 10.1. The van der Waals surface area contributed by atoms with Gasteiger partial charge in [0.15, 0.2) is 0 Å². The summed E-state index contributed by atoms with van der Waals surface area (Å²) < 4.78 is 4.84. The van der Waals surface area contributed by atoms with Gasteiger partial charge in [0.1, 0.15) is 11.3 Å². The first-order valence-electron chi connectivity index (χ1n) is 6.89. The average Bonchev–Trinajstić information content (AvgIpc) is 2.50. The van der Waals surface area contributed by atoms with Crippen LogP contribution in [0.25, 0.3) is 0 Å². The Morgan fingerprint density at radius 3 is 2.45 bits per heavy atom. The first-order valence-corrected chi connectivity index (χ1v) is 6.89. The van der Waals surface area contributed by atoms with E-state index in [9.17, 15) is 14.7 Å². The van der Waals surface area contributed by atoms with Crippen molar-refractivity contribution in [2.45, 2.75) is 13.8 Å². The van der Waals surface area contributed by atoms with Crippen LogP contribution in [0.3, 0.4) is 0 Å². The van der Waals surface area contributed by atoms with E-state index >= 15 is 0 Å². The Morgan fingerprint density at radius 1 is 1.14 bits per heavy atom. The van der Waals surface area contributed by atoms with E-state index in [0.29, 0.717) is 5.69 Å². The molecule has 22 heavy (non-hydrogen) atoms. The Hall–Kier alpha value is -2.82. The van der Waals surface area contributed by atoms with Crippen molar-refractivity contribution in [2.24, 2.45) is 0 Å². The van der Waals surface area contributed by atoms with E-state index in [-0.39, 0.29) is 29.4 Å². The first kappa shape index (κ1) is 15.6. The Balaban J connectivity index is 2.21. The third kappa shape index (κ3) is 3.63. The predicted molar refractivity (Wildman–Crippen MR) is 83.2 cm³/mol. The molecule has 0 saturated carbocycles. The molecular weight excluding hydrogens is 282 g/mol. The number of nitrogens with one attached hydrogen (secondary N) is 1. The third-order valence-electron chi connectivity index (χ3n) is 3.06. The number of amides is 1. The highest BCUT2D eigenvalue weighted by molar-refractivity contribution is 6.06. The van der Waals surface area contributed by atoms with E-state index in [1.54, 1.807) is 19.1 Å². The van der Waals surface area contributed by atoms with Crippen LogP contribution in [0.4, 0.5) is 5.69 Å². The largest absolute Gasteiger partial charge is 0.507 e. The molecule has 5 nitrogen and oxygen atoms in total. The number of aromatic hydroxyl groups is 1. The van der Waals surface area contributed by atoms with Crippen LogP contribution >= 0.6 is 0 Å². The fraction of sp³-hybridized carbons (Fsp3) is 0.176. The molecule has 0 unspecified atom stereocenters. The molecule has 0 aromatic heterocycles. The summed E-state index contributed by atoms with van der Waals surface area (Å²) in [7, 11) is 0. The molecule has 2 rings (SSSR count). The second-order valence-electron chi connectivity index (χ2n) is 4.77. The minimum Gasteiger partial charge on any atom is -0.507 e. The summed E-state index contributed by atoms with van der Waals surface area (Å²) >= 11 is 0. The van der Waals surface area contributed by atoms with Gasteiger partial charge in [0, 0.05) is 11.3 Å². The molecule has 0 heterocycles. The molecule has 1 amide bonds. The SMILES string of the molecule is CCOC(=O)c1cc(C(=O)Nc2ccc(C)cc2)ccc1O. The fourth-order valence-corrected chi connectivity index (χ4v) is 1.89. The molecule has 114 valence electrons. The third-order valence-corrected chi connectivity index (χ3v) is 3.06. The van der Waals surface area contributed by atoms with Crippen molar-refractivity contribution in [1.29, 1.82) is 0 Å². The minimum absolute atomic E-state index is 0.0293. The molecule has 0 radical (unpaired) electrons. The Morgan fingerprint density at radius 2 is 1.82 bits per heavy atom. The van der Waals surface area contributed by atoms with Crippen LogP contribution in [-0.2, 0) is 4.74 Å². The number of ether oxygens (including phenoxy) is 1. The van der Waals surface area contributed by atoms with Crippen molar-refractivity contribution in [3.8, 4) is 5.75 Å². The van der Waals surface area contributed by atoms with E-state index in [0.717, 1.165) is 5.56 Å². The lowest BCUT2D eigenvalue weighted by Crippen LogP contribution is -2.13. The number of esters is 1. The molecule has 0 aliphatic rings.